The summed E-state index contributed by atoms with van der Waals surface area (Å²) in [7, 11) is 0. The van der Waals surface area contributed by atoms with Crippen molar-refractivity contribution in [2.75, 3.05) is 10.6 Å². The molecule has 0 aromatic heterocycles. The molecule has 0 unspecified atom stereocenters. The minimum Gasteiger partial charge on any atom is -0.308 e. The highest BCUT2D eigenvalue weighted by Crippen LogP contribution is 2.18. The molecule has 2 amide bonds. The summed E-state index contributed by atoms with van der Waals surface area (Å²) < 4.78 is 39.2. The van der Waals surface area contributed by atoms with E-state index >= 15 is 0 Å². The van der Waals surface area contributed by atoms with E-state index in [2.05, 4.69) is 5.32 Å². The van der Waals surface area contributed by atoms with E-state index in [4.69, 9.17) is 0 Å². The van der Waals surface area contributed by atoms with Crippen LogP contribution in [0.15, 0.2) is 42.5 Å². The van der Waals surface area contributed by atoms with Crippen molar-refractivity contribution in [2.24, 2.45) is 0 Å². The average Bonchev–Trinajstić information content (AvgIpc) is 2.37. The van der Waals surface area contributed by atoms with E-state index in [1.54, 1.807) is 0 Å². The Morgan fingerprint density at radius 2 is 1.42 bits per heavy atom. The molecule has 0 aliphatic rings. The third-order valence-electron chi connectivity index (χ3n) is 2.30. The molecule has 0 aliphatic carbocycles. The minimum absolute atomic E-state index is 0.302. The van der Waals surface area contributed by atoms with Crippen LogP contribution in [0.2, 0.25) is 0 Å². The molecular weight excluding hydrogens is 257 g/mol. The van der Waals surface area contributed by atoms with Crippen LogP contribution in [0.25, 0.3) is 0 Å². The quantitative estimate of drug-likeness (QED) is 0.854. The SMILES string of the molecule is O=C(Nc1ccc(F)cc1)Nc1c(F)cccc1F. The van der Waals surface area contributed by atoms with Crippen molar-refractivity contribution in [3.8, 4) is 0 Å². The van der Waals surface area contributed by atoms with Crippen LogP contribution < -0.4 is 10.6 Å². The van der Waals surface area contributed by atoms with Crippen molar-refractivity contribution in [2.45, 2.75) is 0 Å². The average molecular weight is 266 g/mol. The first kappa shape index (κ1) is 12.9. The number of carbonyl (C=O) groups is 1. The van der Waals surface area contributed by atoms with Gasteiger partial charge >= 0.3 is 6.03 Å². The van der Waals surface area contributed by atoms with Crippen molar-refractivity contribution in [1.29, 1.82) is 0 Å². The van der Waals surface area contributed by atoms with Crippen LogP contribution in [0.1, 0.15) is 0 Å². The third-order valence-corrected chi connectivity index (χ3v) is 2.30. The molecule has 0 spiro atoms. The van der Waals surface area contributed by atoms with Gasteiger partial charge in [0.05, 0.1) is 0 Å². The zero-order valence-electron chi connectivity index (χ0n) is 9.58. The van der Waals surface area contributed by atoms with Gasteiger partial charge in [0, 0.05) is 5.69 Å². The van der Waals surface area contributed by atoms with Crippen LogP contribution in [0.5, 0.6) is 0 Å². The zero-order valence-corrected chi connectivity index (χ0v) is 9.58. The highest BCUT2D eigenvalue weighted by Gasteiger charge is 2.11. The van der Waals surface area contributed by atoms with Gasteiger partial charge in [0.2, 0.25) is 0 Å². The Hall–Kier alpha value is -2.50. The second-order valence-corrected chi connectivity index (χ2v) is 3.68. The number of urea groups is 1. The maximum absolute atomic E-state index is 13.3. The lowest BCUT2D eigenvalue weighted by molar-refractivity contribution is 0.262. The molecule has 19 heavy (non-hydrogen) atoms. The normalized spacial score (nSPS) is 10.1. The predicted molar refractivity (Wildman–Crippen MR) is 65.4 cm³/mol. The molecule has 2 rings (SSSR count). The number of carbonyl (C=O) groups excluding carboxylic acids is 1. The van der Waals surface area contributed by atoms with Gasteiger partial charge in [-0.3, -0.25) is 0 Å². The van der Waals surface area contributed by atoms with E-state index < -0.39 is 29.2 Å². The fraction of sp³-hybridized carbons (Fsp3) is 0. The van der Waals surface area contributed by atoms with Gasteiger partial charge in [-0.1, -0.05) is 6.07 Å². The van der Waals surface area contributed by atoms with E-state index in [0.717, 1.165) is 24.3 Å². The summed E-state index contributed by atoms with van der Waals surface area (Å²) in [5.41, 5.74) is -0.238. The maximum atomic E-state index is 13.3. The second kappa shape index (κ2) is 5.43. The molecule has 3 nitrogen and oxygen atoms in total. The molecule has 2 aromatic rings. The summed E-state index contributed by atoms with van der Waals surface area (Å²) in [4.78, 5) is 11.5. The Labute approximate surface area is 107 Å². The van der Waals surface area contributed by atoms with E-state index in [1.807, 2.05) is 5.32 Å². The number of amides is 2. The molecule has 0 heterocycles. The molecule has 0 aliphatic heterocycles. The number of hydrogen-bond acceptors (Lipinski definition) is 1. The van der Waals surface area contributed by atoms with Gasteiger partial charge < -0.3 is 10.6 Å². The third kappa shape index (κ3) is 3.25. The number of nitrogens with one attached hydrogen (secondary N) is 2. The Kier molecular flexibility index (Phi) is 3.70. The summed E-state index contributed by atoms with van der Waals surface area (Å²) in [6.07, 6.45) is 0. The van der Waals surface area contributed by atoms with Gasteiger partial charge in [-0.25, -0.2) is 18.0 Å². The van der Waals surface area contributed by atoms with Crippen LogP contribution >= 0.6 is 0 Å². The molecule has 0 saturated carbocycles. The Balaban J connectivity index is 2.07. The van der Waals surface area contributed by atoms with Gasteiger partial charge in [-0.15, -0.1) is 0 Å². The predicted octanol–water partition coefficient (Wildman–Crippen LogP) is 3.75. The number of benzene rings is 2. The highest BCUT2D eigenvalue weighted by molar-refractivity contribution is 5.99. The van der Waals surface area contributed by atoms with Gasteiger partial charge in [-0.2, -0.15) is 0 Å². The number of halogens is 3. The van der Waals surface area contributed by atoms with E-state index in [0.29, 0.717) is 5.69 Å². The molecule has 0 fully saturated rings. The van der Waals surface area contributed by atoms with Crippen molar-refractivity contribution < 1.29 is 18.0 Å². The first-order valence-corrected chi connectivity index (χ1v) is 5.34. The fourth-order valence-electron chi connectivity index (χ4n) is 1.43. The molecule has 0 saturated heterocycles. The summed E-state index contributed by atoms with van der Waals surface area (Å²) in [5.74, 6) is -2.21. The molecule has 0 radical (unpaired) electrons. The standard InChI is InChI=1S/C13H9F3N2O/c14-8-4-6-9(7-5-8)17-13(19)18-12-10(15)2-1-3-11(12)16/h1-7H,(H2,17,18,19). The summed E-state index contributed by atoms with van der Waals surface area (Å²) >= 11 is 0. The Morgan fingerprint density at radius 3 is 2.00 bits per heavy atom. The molecule has 98 valence electrons. The second-order valence-electron chi connectivity index (χ2n) is 3.68. The topological polar surface area (TPSA) is 41.1 Å². The van der Waals surface area contributed by atoms with Crippen LogP contribution in [-0.2, 0) is 0 Å². The van der Waals surface area contributed by atoms with Gasteiger partial charge in [0.25, 0.3) is 0 Å². The maximum Gasteiger partial charge on any atom is 0.323 e. The molecular formula is C13H9F3N2O. The molecule has 2 N–H and O–H groups in total. The van der Waals surface area contributed by atoms with Crippen molar-refractivity contribution in [1.82, 2.24) is 0 Å². The van der Waals surface area contributed by atoms with E-state index in [1.165, 1.54) is 18.2 Å². The molecule has 0 bridgehead atoms. The molecule has 6 heteroatoms. The number of para-hydroxylation sites is 1. The van der Waals surface area contributed by atoms with E-state index in [-0.39, 0.29) is 0 Å². The smallest absolute Gasteiger partial charge is 0.308 e. The summed E-state index contributed by atoms with van der Waals surface area (Å²) in [6, 6.07) is 7.37. The lowest BCUT2D eigenvalue weighted by Gasteiger charge is -2.09. The molecule has 0 atom stereocenters. The number of hydrogen-bond donors (Lipinski definition) is 2. The largest absolute Gasteiger partial charge is 0.323 e. The number of rotatable bonds is 2. The van der Waals surface area contributed by atoms with Crippen LogP contribution in [0.3, 0.4) is 0 Å². The van der Waals surface area contributed by atoms with Crippen LogP contribution in [-0.4, -0.2) is 6.03 Å². The Bertz CT molecular complexity index is 579. The van der Waals surface area contributed by atoms with Gasteiger partial charge in [-0.05, 0) is 36.4 Å². The molecule has 2 aromatic carbocycles. The highest BCUT2D eigenvalue weighted by atomic mass is 19.1. The zero-order chi connectivity index (χ0) is 13.8. The Morgan fingerprint density at radius 1 is 0.842 bits per heavy atom. The number of anilines is 2. The van der Waals surface area contributed by atoms with E-state index in [9.17, 15) is 18.0 Å². The lowest BCUT2D eigenvalue weighted by Crippen LogP contribution is -2.20. The summed E-state index contributed by atoms with van der Waals surface area (Å²) in [5, 5.41) is 4.37. The van der Waals surface area contributed by atoms with Gasteiger partial charge in [0.1, 0.15) is 23.1 Å². The monoisotopic (exact) mass is 266 g/mol. The minimum atomic E-state index is -0.880. The van der Waals surface area contributed by atoms with Crippen molar-refractivity contribution >= 4 is 17.4 Å². The summed E-state index contributed by atoms with van der Waals surface area (Å²) in [6.45, 7) is 0. The van der Waals surface area contributed by atoms with Crippen LogP contribution in [0, 0.1) is 17.5 Å². The lowest BCUT2D eigenvalue weighted by atomic mass is 10.3. The van der Waals surface area contributed by atoms with Crippen molar-refractivity contribution in [3.63, 3.8) is 0 Å². The van der Waals surface area contributed by atoms with Gasteiger partial charge in [0.15, 0.2) is 0 Å². The van der Waals surface area contributed by atoms with Crippen LogP contribution in [0.4, 0.5) is 29.3 Å². The fourth-order valence-corrected chi connectivity index (χ4v) is 1.43. The first-order chi connectivity index (χ1) is 9.06. The first-order valence-electron chi connectivity index (χ1n) is 5.34. The van der Waals surface area contributed by atoms with Crippen molar-refractivity contribution in [3.05, 3.63) is 59.9 Å².